The predicted molar refractivity (Wildman–Crippen MR) is 163 cm³/mol. The summed E-state index contributed by atoms with van der Waals surface area (Å²) in [5, 5.41) is 5.94. The lowest BCUT2D eigenvalue weighted by Crippen LogP contribution is -2.56. The van der Waals surface area contributed by atoms with E-state index in [2.05, 4.69) is 37.3 Å². The van der Waals surface area contributed by atoms with Gasteiger partial charge in [0.05, 0.1) is 0 Å². The van der Waals surface area contributed by atoms with Crippen LogP contribution in [0.4, 0.5) is 4.79 Å². The number of amides is 3. The van der Waals surface area contributed by atoms with E-state index < -0.39 is 23.8 Å². The van der Waals surface area contributed by atoms with Crippen LogP contribution in [0.25, 0.3) is 0 Å². The molecule has 0 saturated heterocycles. The van der Waals surface area contributed by atoms with Gasteiger partial charge < -0.3 is 20.3 Å². The molecule has 40 heavy (non-hydrogen) atoms. The van der Waals surface area contributed by atoms with Crippen LogP contribution < -0.4 is 10.6 Å². The number of terminal acetylenes is 1. The molecule has 0 aliphatic carbocycles. The van der Waals surface area contributed by atoms with Crippen molar-refractivity contribution in [3.05, 3.63) is 35.4 Å². The summed E-state index contributed by atoms with van der Waals surface area (Å²) in [6, 6.07) is 5.05. The summed E-state index contributed by atoms with van der Waals surface area (Å²) in [4.78, 5) is 43.1. The topological polar surface area (TPSA) is 87.7 Å². The number of rotatable bonds is 14. The fourth-order valence-electron chi connectivity index (χ4n) is 4.75. The van der Waals surface area contributed by atoms with Gasteiger partial charge in [0.1, 0.15) is 17.7 Å². The van der Waals surface area contributed by atoms with E-state index in [-0.39, 0.29) is 29.8 Å². The minimum absolute atomic E-state index is 0.0766. The van der Waals surface area contributed by atoms with Crippen molar-refractivity contribution in [2.75, 3.05) is 0 Å². The Hall–Kier alpha value is -3.01. The average Bonchev–Trinajstić information content (AvgIpc) is 2.83. The summed E-state index contributed by atoms with van der Waals surface area (Å²) in [7, 11) is 0. The summed E-state index contributed by atoms with van der Waals surface area (Å²) < 4.78 is 5.50. The molecule has 7 nitrogen and oxygen atoms in total. The van der Waals surface area contributed by atoms with E-state index in [0.717, 1.165) is 19.3 Å². The van der Waals surface area contributed by atoms with Gasteiger partial charge in [-0.1, -0.05) is 65.2 Å². The Morgan fingerprint density at radius 1 is 0.950 bits per heavy atom. The highest BCUT2D eigenvalue weighted by atomic mass is 16.6. The van der Waals surface area contributed by atoms with Crippen LogP contribution in [0.3, 0.4) is 0 Å². The molecule has 2 N–H and O–H groups in total. The first-order valence-corrected chi connectivity index (χ1v) is 14.8. The van der Waals surface area contributed by atoms with Gasteiger partial charge in [-0.05, 0) is 83.8 Å². The molecule has 1 rings (SSSR count). The minimum atomic E-state index is -0.962. The molecule has 1 aromatic rings. The summed E-state index contributed by atoms with van der Waals surface area (Å²) >= 11 is 0. The Kier molecular flexibility index (Phi) is 14.3. The normalized spacial score (nSPS) is 14.6. The number of carbonyl (C=O) groups is 3. The van der Waals surface area contributed by atoms with Crippen molar-refractivity contribution in [1.29, 1.82) is 0 Å². The van der Waals surface area contributed by atoms with Crippen molar-refractivity contribution in [2.45, 2.75) is 131 Å². The van der Waals surface area contributed by atoms with Crippen molar-refractivity contribution in [1.82, 2.24) is 15.5 Å². The van der Waals surface area contributed by atoms with Crippen molar-refractivity contribution >= 4 is 17.9 Å². The predicted octanol–water partition coefficient (Wildman–Crippen LogP) is 6.61. The maximum absolute atomic E-state index is 14.5. The third kappa shape index (κ3) is 11.6. The molecular weight excluding hydrogens is 502 g/mol. The molecule has 0 saturated carbocycles. The third-order valence-corrected chi connectivity index (χ3v) is 6.64. The molecule has 0 fully saturated rings. The van der Waals surface area contributed by atoms with Crippen LogP contribution in [0, 0.1) is 24.2 Å². The Balaban J connectivity index is 3.73. The molecule has 1 aromatic carbocycles. The van der Waals surface area contributed by atoms with Crippen molar-refractivity contribution in [3.8, 4) is 12.3 Å². The first-order chi connectivity index (χ1) is 18.6. The molecule has 0 aliphatic heterocycles. The largest absolute Gasteiger partial charge is 0.444 e. The van der Waals surface area contributed by atoms with Gasteiger partial charge in [-0.3, -0.25) is 9.59 Å². The monoisotopic (exact) mass is 555 g/mol. The zero-order chi connectivity index (χ0) is 30.6. The van der Waals surface area contributed by atoms with E-state index in [1.165, 1.54) is 0 Å². The van der Waals surface area contributed by atoms with Crippen LogP contribution in [0.15, 0.2) is 24.3 Å². The van der Waals surface area contributed by atoms with E-state index in [0.29, 0.717) is 29.9 Å². The van der Waals surface area contributed by atoms with E-state index >= 15 is 0 Å². The molecule has 4 atom stereocenters. The van der Waals surface area contributed by atoms with E-state index in [1.807, 2.05) is 45.9 Å². The summed E-state index contributed by atoms with van der Waals surface area (Å²) in [6.45, 7) is 19.6. The van der Waals surface area contributed by atoms with Gasteiger partial charge in [0.15, 0.2) is 0 Å². The van der Waals surface area contributed by atoms with Crippen LogP contribution >= 0.6 is 0 Å². The second-order valence-corrected chi connectivity index (χ2v) is 12.7. The molecule has 0 spiro atoms. The minimum Gasteiger partial charge on any atom is -0.444 e. The molecule has 0 heterocycles. The molecule has 0 aliphatic rings. The zero-order valence-electron chi connectivity index (χ0n) is 26.5. The first-order valence-electron chi connectivity index (χ1n) is 14.8. The van der Waals surface area contributed by atoms with Gasteiger partial charge in [-0.15, -0.1) is 6.42 Å². The lowest BCUT2D eigenvalue weighted by atomic mass is 9.93. The van der Waals surface area contributed by atoms with Gasteiger partial charge in [0.2, 0.25) is 11.8 Å². The van der Waals surface area contributed by atoms with Gasteiger partial charge in [-0.2, -0.15) is 0 Å². The smallest absolute Gasteiger partial charge is 0.408 e. The van der Waals surface area contributed by atoms with E-state index in [9.17, 15) is 14.4 Å². The molecule has 0 radical (unpaired) electrons. The number of hydrogen-bond acceptors (Lipinski definition) is 4. The number of alkyl carbamates (subject to hydrolysis) is 1. The fourth-order valence-corrected chi connectivity index (χ4v) is 4.75. The Labute approximate surface area is 243 Å². The second-order valence-electron chi connectivity index (χ2n) is 12.7. The average molecular weight is 556 g/mol. The van der Waals surface area contributed by atoms with Crippen LogP contribution in [0.2, 0.25) is 0 Å². The highest BCUT2D eigenvalue weighted by Gasteiger charge is 2.40. The number of carbonyl (C=O) groups excluding carboxylic acids is 3. The molecule has 224 valence electrons. The van der Waals surface area contributed by atoms with Gasteiger partial charge in [0, 0.05) is 17.6 Å². The number of ether oxygens (including phenoxy) is 1. The Morgan fingerprint density at radius 3 is 2.10 bits per heavy atom. The van der Waals surface area contributed by atoms with Crippen LogP contribution in [-0.2, 0) is 14.3 Å². The first kappa shape index (κ1) is 35.0. The number of benzene rings is 1. The van der Waals surface area contributed by atoms with E-state index in [1.54, 1.807) is 31.7 Å². The van der Waals surface area contributed by atoms with Gasteiger partial charge in [-0.25, -0.2) is 4.79 Å². The molecule has 0 bridgehead atoms. The Bertz CT molecular complexity index is 1010. The Morgan fingerprint density at radius 2 is 1.57 bits per heavy atom. The summed E-state index contributed by atoms with van der Waals surface area (Å²) in [5.41, 5.74) is 0.431. The lowest BCUT2D eigenvalue weighted by Gasteiger charge is -2.39. The third-order valence-electron chi connectivity index (χ3n) is 6.64. The van der Waals surface area contributed by atoms with Crippen molar-refractivity contribution in [2.24, 2.45) is 11.8 Å². The zero-order valence-corrected chi connectivity index (χ0v) is 26.5. The van der Waals surface area contributed by atoms with Crippen LogP contribution in [0.1, 0.15) is 119 Å². The maximum atomic E-state index is 14.5. The van der Waals surface area contributed by atoms with E-state index in [4.69, 9.17) is 11.2 Å². The molecule has 3 amide bonds. The standard InChI is InChI=1S/C33H53N3O4/c1-12-16-24(7)34-30(37)29(27-18-15-14-17-26(27)13-2)36(25(8)20-19-22(3)4)31(38)28(21-23(5)6)35-32(39)40-33(9,10)11/h2,14-15,17-18,22-25,28-29H,12,16,19-21H2,1,3-11H3,(H,34,37)(H,35,39). The van der Waals surface area contributed by atoms with Gasteiger partial charge >= 0.3 is 6.09 Å². The number of hydrogen-bond donors (Lipinski definition) is 2. The molecule has 0 aromatic heterocycles. The maximum Gasteiger partial charge on any atom is 0.408 e. The summed E-state index contributed by atoms with van der Waals surface area (Å²) in [6.07, 6.45) is 8.89. The van der Waals surface area contributed by atoms with Gasteiger partial charge in [0.25, 0.3) is 0 Å². The second kappa shape index (κ2) is 16.3. The number of nitrogens with one attached hydrogen (secondary N) is 2. The molecule has 7 heteroatoms. The quantitative estimate of drug-likeness (QED) is 0.253. The molecule has 4 unspecified atom stereocenters. The fraction of sp³-hybridized carbons (Fsp3) is 0.667. The van der Waals surface area contributed by atoms with Crippen molar-refractivity contribution in [3.63, 3.8) is 0 Å². The highest BCUT2D eigenvalue weighted by molar-refractivity contribution is 5.93. The van der Waals surface area contributed by atoms with Crippen LogP contribution in [0.5, 0.6) is 0 Å². The lowest BCUT2D eigenvalue weighted by molar-refractivity contribution is -0.145. The SMILES string of the molecule is C#Cc1ccccc1C(C(=O)NC(C)CCC)N(C(=O)C(CC(C)C)NC(=O)OC(C)(C)C)C(C)CCC(C)C. The highest BCUT2D eigenvalue weighted by Crippen LogP contribution is 2.30. The molecular formula is C33H53N3O4. The number of nitrogens with zero attached hydrogens (tertiary/aromatic N) is 1. The van der Waals surface area contributed by atoms with Crippen molar-refractivity contribution < 1.29 is 19.1 Å². The summed E-state index contributed by atoms with van der Waals surface area (Å²) in [5.74, 6) is 2.61. The van der Waals surface area contributed by atoms with Crippen LogP contribution in [-0.4, -0.2) is 46.5 Å².